The smallest absolute Gasteiger partial charge is 0.316 e. The Bertz CT molecular complexity index is 676. The number of hydrogen-bond donors (Lipinski definition) is 1. The molecule has 0 atom stereocenters. The van der Waals surface area contributed by atoms with Crippen LogP contribution in [0.3, 0.4) is 0 Å². The first-order chi connectivity index (χ1) is 11.7. The van der Waals surface area contributed by atoms with Gasteiger partial charge in [0.1, 0.15) is 11.3 Å². The molecule has 1 aliphatic carbocycles. The molecule has 7 heteroatoms. The van der Waals surface area contributed by atoms with Gasteiger partial charge in [0.25, 0.3) is 11.1 Å². The highest BCUT2D eigenvalue weighted by atomic mass is 32.2. The fraction of sp³-hybridized carbons (Fsp3) is 0.471. The first-order valence-electron chi connectivity index (χ1n) is 8.14. The maximum absolute atomic E-state index is 11.8. The highest BCUT2D eigenvalue weighted by Gasteiger charge is 2.17. The van der Waals surface area contributed by atoms with Crippen LogP contribution in [0.25, 0.3) is 11.1 Å². The Kier molecular flexibility index (Phi) is 5.74. The molecule has 3 rings (SSSR count). The Hall–Kier alpha value is -2.02. The molecule has 1 aromatic carbocycles. The summed E-state index contributed by atoms with van der Waals surface area (Å²) in [4.78, 5) is 27.8. The number of ether oxygens (including phenoxy) is 1. The number of nitrogens with zero attached hydrogens (tertiary/aromatic N) is 1. The lowest BCUT2D eigenvalue weighted by Crippen LogP contribution is -2.38. The van der Waals surface area contributed by atoms with Gasteiger partial charge < -0.3 is 14.5 Å². The molecule has 1 heterocycles. The maximum Gasteiger partial charge on any atom is 0.316 e. The SMILES string of the molecule is O=C(COC(=O)CSc1nc2ccccc2o1)NC1CCCCC1. The van der Waals surface area contributed by atoms with E-state index in [0.717, 1.165) is 43.0 Å². The van der Waals surface area contributed by atoms with E-state index < -0.39 is 5.97 Å². The van der Waals surface area contributed by atoms with Crippen LogP contribution in [0, 0.1) is 0 Å². The summed E-state index contributed by atoms with van der Waals surface area (Å²) >= 11 is 1.16. The zero-order valence-corrected chi connectivity index (χ0v) is 14.1. The van der Waals surface area contributed by atoms with Crippen LogP contribution in [-0.2, 0) is 14.3 Å². The Morgan fingerprint density at radius 3 is 2.83 bits per heavy atom. The van der Waals surface area contributed by atoms with Crippen molar-refractivity contribution in [2.45, 2.75) is 43.4 Å². The van der Waals surface area contributed by atoms with Crippen molar-refractivity contribution in [3.8, 4) is 0 Å². The summed E-state index contributed by atoms with van der Waals surface area (Å²) in [5, 5.41) is 3.33. The number of thioether (sulfide) groups is 1. The summed E-state index contributed by atoms with van der Waals surface area (Å²) in [6.07, 6.45) is 5.53. The van der Waals surface area contributed by atoms with Crippen molar-refractivity contribution in [1.29, 1.82) is 0 Å². The average Bonchev–Trinajstić information content (AvgIpc) is 3.02. The molecule has 0 spiro atoms. The minimum atomic E-state index is -0.457. The van der Waals surface area contributed by atoms with Gasteiger partial charge in [-0.05, 0) is 25.0 Å². The third kappa shape index (κ3) is 4.74. The Labute approximate surface area is 144 Å². The second-order valence-electron chi connectivity index (χ2n) is 5.80. The van der Waals surface area contributed by atoms with E-state index in [2.05, 4.69) is 10.3 Å². The normalized spacial score (nSPS) is 15.3. The third-order valence-corrected chi connectivity index (χ3v) is 4.72. The van der Waals surface area contributed by atoms with E-state index in [1.807, 2.05) is 24.3 Å². The van der Waals surface area contributed by atoms with Gasteiger partial charge in [-0.15, -0.1) is 0 Å². The molecule has 1 N–H and O–H groups in total. The highest BCUT2D eigenvalue weighted by Crippen LogP contribution is 2.23. The largest absolute Gasteiger partial charge is 0.455 e. The minimum Gasteiger partial charge on any atom is -0.455 e. The second kappa shape index (κ2) is 8.19. The van der Waals surface area contributed by atoms with Crippen LogP contribution < -0.4 is 5.32 Å². The number of carbonyl (C=O) groups is 2. The van der Waals surface area contributed by atoms with E-state index in [0.29, 0.717) is 10.8 Å². The molecule has 128 valence electrons. The number of esters is 1. The summed E-state index contributed by atoms with van der Waals surface area (Å²) in [6, 6.07) is 7.62. The molecule has 0 saturated heterocycles. The molecule has 1 aromatic heterocycles. The van der Waals surface area contributed by atoms with Gasteiger partial charge in [-0.3, -0.25) is 9.59 Å². The van der Waals surface area contributed by atoms with Gasteiger partial charge in [-0.25, -0.2) is 4.98 Å². The van der Waals surface area contributed by atoms with Crippen LogP contribution in [0.4, 0.5) is 0 Å². The molecule has 0 bridgehead atoms. The Morgan fingerprint density at radius 1 is 1.25 bits per heavy atom. The lowest BCUT2D eigenvalue weighted by molar-refractivity contribution is -0.146. The van der Waals surface area contributed by atoms with Crippen LogP contribution in [0.15, 0.2) is 33.9 Å². The minimum absolute atomic E-state index is 0.0591. The third-order valence-electron chi connectivity index (χ3n) is 3.92. The van der Waals surface area contributed by atoms with E-state index in [9.17, 15) is 9.59 Å². The number of nitrogens with one attached hydrogen (secondary N) is 1. The Balaban J connectivity index is 1.38. The number of hydrogen-bond acceptors (Lipinski definition) is 6. The number of fused-ring (bicyclic) bond motifs is 1. The van der Waals surface area contributed by atoms with E-state index in [1.165, 1.54) is 6.42 Å². The molecule has 2 aromatic rings. The number of para-hydroxylation sites is 2. The predicted molar refractivity (Wildman–Crippen MR) is 90.7 cm³/mol. The molecule has 1 fully saturated rings. The quantitative estimate of drug-likeness (QED) is 0.638. The molecule has 1 amide bonds. The van der Waals surface area contributed by atoms with Crippen molar-refractivity contribution in [2.75, 3.05) is 12.4 Å². The number of amides is 1. The molecule has 6 nitrogen and oxygen atoms in total. The first kappa shape index (κ1) is 16.8. The van der Waals surface area contributed by atoms with Crippen molar-refractivity contribution in [2.24, 2.45) is 0 Å². The fourth-order valence-electron chi connectivity index (χ4n) is 2.74. The van der Waals surface area contributed by atoms with Crippen LogP contribution in [-0.4, -0.2) is 35.3 Å². The van der Waals surface area contributed by atoms with Gasteiger partial charge in [0.2, 0.25) is 0 Å². The average molecular weight is 348 g/mol. The standard InChI is InChI=1S/C17H20N2O4S/c20-15(18-12-6-2-1-3-7-12)10-22-16(21)11-24-17-19-13-8-4-5-9-14(13)23-17/h4-5,8-9,12H,1-3,6-7,10-11H2,(H,18,20). The van der Waals surface area contributed by atoms with Crippen LogP contribution in [0.1, 0.15) is 32.1 Å². The van der Waals surface area contributed by atoms with Gasteiger partial charge in [-0.2, -0.15) is 0 Å². The van der Waals surface area contributed by atoms with Crippen LogP contribution in [0.5, 0.6) is 0 Å². The summed E-state index contributed by atoms with van der Waals surface area (Å²) in [5.74, 6) is -0.632. The maximum atomic E-state index is 11.8. The lowest BCUT2D eigenvalue weighted by Gasteiger charge is -2.22. The fourth-order valence-corrected chi connectivity index (χ4v) is 3.37. The highest BCUT2D eigenvalue weighted by molar-refractivity contribution is 7.99. The van der Waals surface area contributed by atoms with E-state index in [4.69, 9.17) is 9.15 Å². The van der Waals surface area contributed by atoms with Crippen molar-refractivity contribution in [3.63, 3.8) is 0 Å². The molecule has 0 radical (unpaired) electrons. The molecule has 0 aliphatic heterocycles. The van der Waals surface area contributed by atoms with Crippen molar-refractivity contribution in [1.82, 2.24) is 10.3 Å². The van der Waals surface area contributed by atoms with Crippen LogP contribution in [0.2, 0.25) is 0 Å². The summed E-state index contributed by atoms with van der Waals surface area (Å²) in [6.45, 7) is -0.233. The topological polar surface area (TPSA) is 81.4 Å². The zero-order chi connectivity index (χ0) is 16.8. The second-order valence-corrected chi connectivity index (χ2v) is 6.73. The molecule has 1 saturated carbocycles. The molecule has 24 heavy (non-hydrogen) atoms. The van der Waals surface area contributed by atoms with Crippen LogP contribution >= 0.6 is 11.8 Å². The van der Waals surface area contributed by atoms with Crippen molar-refractivity contribution < 1.29 is 18.7 Å². The Morgan fingerprint density at radius 2 is 2.04 bits per heavy atom. The van der Waals surface area contributed by atoms with E-state index in [1.54, 1.807) is 0 Å². The first-order valence-corrected chi connectivity index (χ1v) is 9.12. The van der Waals surface area contributed by atoms with E-state index in [-0.39, 0.29) is 24.3 Å². The summed E-state index contributed by atoms with van der Waals surface area (Å²) in [7, 11) is 0. The predicted octanol–water partition coefficient (Wildman–Crippen LogP) is 2.91. The van der Waals surface area contributed by atoms with E-state index >= 15 is 0 Å². The number of rotatable bonds is 6. The molecular weight excluding hydrogens is 328 g/mol. The number of benzene rings is 1. The monoisotopic (exact) mass is 348 g/mol. The van der Waals surface area contributed by atoms with Crippen molar-refractivity contribution in [3.05, 3.63) is 24.3 Å². The summed E-state index contributed by atoms with van der Waals surface area (Å²) in [5.41, 5.74) is 1.43. The van der Waals surface area contributed by atoms with Gasteiger partial charge in [0.05, 0.1) is 0 Å². The van der Waals surface area contributed by atoms with Gasteiger partial charge >= 0.3 is 5.97 Å². The lowest BCUT2D eigenvalue weighted by atomic mass is 9.95. The number of oxazole rings is 1. The number of aromatic nitrogens is 1. The van der Waals surface area contributed by atoms with Gasteiger partial charge in [-0.1, -0.05) is 43.2 Å². The molecule has 0 unspecified atom stereocenters. The zero-order valence-electron chi connectivity index (χ0n) is 13.3. The summed E-state index contributed by atoms with van der Waals surface area (Å²) < 4.78 is 10.5. The molecular formula is C17H20N2O4S. The number of carbonyl (C=O) groups excluding carboxylic acids is 2. The van der Waals surface area contributed by atoms with Gasteiger partial charge in [0, 0.05) is 6.04 Å². The van der Waals surface area contributed by atoms with Gasteiger partial charge in [0.15, 0.2) is 12.2 Å². The van der Waals surface area contributed by atoms with Crippen molar-refractivity contribution >= 4 is 34.7 Å². The molecule has 1 aliphatic rings.